The van der Waals surface area contributed by atoms with E-state index < -0.39 is 0 Å². The van der Waals surface area contributed by atoms with Gasteiger partial charge in [-0.2, -0.15) is 0 Å². The average molecular weight is 335 g/mol. The van der Waals surface area contributed by atoms with Gasteiger partial charge in [-0.15, -0.1) is 0 Å². The highest BCUT2D eigenvalue weighted by molar-refractivity contribution is 5.85. The number of nitrogens with zero attached hydrogens (tertiary/aromatic N) is 2. The Morgan fingerprint density at radius 2 is 2.08 bits per heavy atom. The maximum atomic E-state index is 12.2. The van der Waals surface area contributed by atoms with Gasteiger partial charge in [0.15, 0.2) is 0 Å². The standard InChI is InChI=1S/C17H25N3O4/c1-13-4-5-15(24-13)14(19-7-9-23-10-8-19)11-18-16(21)12-20-6-2-3-17(20)22/h4-5,14H,2-3,6-12H2,1H3,(H,18,21). The van der Waals surface area contributed by atoms with Gasteiger partial charge in [-0.1, -0.05) is 0 Å². The third kappa shape index (κ3) is 4.15. The van der Waals surface area contributed by atoms with Gasteiger partial charge in [0.05, 0.1) is 25.8 Å². The molecular formula is C17H25N3O4. The minimum atomic E-state index is -0.119. The van der Waals surface area contributed by atoms with Crippen molar-refractivity contribution in [3.8, 4) is 0 Å². The van der Waals surface area contributed by atoms with Crippen LogP contribution in [0.5, 0.6) is 0 Å². The summed E-state index contributed by atoms with van der Waals surface area (Å²) in [5.74, 6) is 1.66. The van der Waals surface area contributed by atoms with Crippen LogP contribution in [0.3, 0.4) is 0 Å². The van der Waals surface area contributed by atoms with E-state index in [-0.39, 0.29) is 24.4 Å². The van der Waals surface area contributed by atoms with Gasteiger partial charge in [0, 0.05) is 32.6 Å². The summed E-state index contributed by atoms with van der Waals surface area (Å²) < 4.78 is 11.2. The van der Waals surface area contributed by atoms with E-state index in [1.165, 1.54) is 0 Å². The maximum Gasteiger partial charge on any atom is 0.239 e. The Morgan fingerprint density at radius 1 is 1.29 bits per heavy atom. The molecule has 1 N–H and O–H groups in total. The fraction of sp³-hybridized carbons (Fsp3) is 0.647. The van der Waals surface area contributed by atoms with Gasteiger partial charge in [0.2, 0.25) is 11.8 Å². The number of morpholine rings is 1. The number of nitrogens with one attached hydrogen (secondary N) is 1. The zero-order valence-electron chi connectivity index (χ0n) is 14.1. The maximum absolute atomic E-state index is 12.2. The molecule has 7 nitrogen and oxygen atoms in total. The number of hydrogen-bond donors (Lipinski definition) is 1. The van der Waals surface area contributed by atoms with Crippen LogP contribution in [0.1, 0.15) is 30.4 Å². The second kappa shape index (κ2) is 7.81. The summed E-state index contributed by atoms with van der Waals surface area (Å²) in [5.41, 5.74) is 0. The van der Waals surface area contributed by atoms with Crippen molar-refractivity contribution in [1.29, 1.82) is 0 Å². The first-order valence-corrected chi connectivity index (χ1v) is 8.56. The van der Waals surface area contributed by atoms with Gasteiger partial charge >= 0.3 is 0 Å². The molecule has 24 heavy (non-hydrogen) atoms. The Hall–Kier alpha value is -1.86. The number of hydrogen-bond acceptors (Lipinski definition) is 5. The first kappa shape index (κ1) is 17.0. The highest BCUT2D eigenvalue weighted by Crippen LogP contribution is 2.23. The number of amides is 2. The molecule has 7 heteroatoms. The molecule has 0 bridgehead atoms. The Kier molecular flexibility index (Phi) is 5.52. The quantitative estimate of drug-likeness (QED) is 0.828. The van der Waals surface area contributed by atoms with Crippen molar-refractivity contribution >= 4 is 11.8 Å². The highest BCUT2D eigenvalue weighted by Gasteiger charge is 2.27. The fourth-order valence-electron chi connectivity index (χ4n) is 3.24. The number of furan rings is 1. The number of ether oxygens (including phenoxy) is 1. The minimum Gasteiger partial charge on any atom is -0.465 e. The first-order chi connectivity index (χ1) is 11.6. The molecule has 1 unspecified atom stereocenters. The molecule has 0 saturated carbocycles. The van der Waals surface area contributed by atoms with Crippen LogP contribution in [0.4, 0.5) is 0 Å². The van der Waals surface area contributed by atoms with E-state index in [1.807, 2.05) is 19.1 Å². The largest absolute Gasteiger partial charge is 0.465 e. The van der Waals surface area contributed by atoms with Crippen molar-refractivity contribution in [2.75, 3.05) is 45.9 Å². The molecule has 0 radical (unpaired) electrons. The van der Waals surface area contributed by atoms with E-state index in [4.69, 9.17) is 9.15 Å². The summed E-state index contributed by atoms with van der Waals surface area (Å²) in [5, 5.41) is 2.96. The normalized spacial score (nSPS) is 20.4. The van der Waals surface area contributed by atoms with Gasteiger partial charge in [-0.25, -0.2) is 0 Å². The zero-order chi connectivity index (χ0) is 16.9. The summed E-state index contributed by atoms with van der Waals surface area (Å²) in [6.45, 7) is 6.20. The van der Waals surface area contributed by atoms with Gasteiger partial charge in [-0.3, -0.25) is 14.5 Å². The molecule has 132 valence electrons. The Labute approximate surface area is 141 Å². The van der Waals surface area contributed by atoms with Crippen LogP contribution in [0.2, 0.25) is 0 Å². The van der Waals surface area contributed by atoms with Crippen LogP contribution in [0, 0.1) is 6.92 Å². The fourth-order valence-corrected chi connectivity index (χ4v) is 3.24. The molecule has 0 aliphatic carbocycles. The Balaban J connectivity index is 1.59. The second-order valence-corrected chi connectivity index (χ2v) is 6.34. The molecule has 0 spiro atoms. The van der Waals surface area contributed by atoms with Gasteiger partial charge in [0.25, 0.3) is 0 Å². The molecule has 3 heterocycles. The van der Waals surface area contributed by atoms with E-state index in [9.17, 15) is 9.59 Å². The zero-order valence-corrected chi connectivity index (χ0v) is 14.1. The van der Waals surface area contributed by atoms with Crippen LogP contribution in [0.15, 0.2) is 16.5 Å². The van der Waals surface area contributed by atoms with Crippen LogP contribution < -0.4 is 5.32 Å². The first-order valence-electron chi connectivity index (χ1n) is 8.56. The summed E-state index contributed by atoms with van der Waals surface area (Å²) in [6.07, 6.45) is 1.39. The molecule has 1 aromatic heterocycles. The molecule has 1 aromatic rings. The average Bonchev–Trinajstić information content (AvgIpc) is 3.18. The van der Waals surface area contributed by atoms with Crippen LogP contribution in [0.25, 0.3) is 0 Å². The van der Waals surface area contributed by atoms with Gasteiger partial charge in [0.1, 0.15) is 11.5 Å². The van der Waals surface area contributed by atoms with E-state index in [0.717, 1.165) is 31.0 Å². The third-order valence-electron chi connectivity index (χ3n) is 4.57. The third-order valence-corrected chi connectivity index (χ3v) is 4.57. The topological polar surface area (TPSA) is 75.0 Å². The lowest BCUT2D eigenvalue weighted by molar-refractivity contribution is -0.133. The predicted octanol–water partition coefficient (Wildman–Crippen LogP) is 0.700. The van der Waals surface area contributed by atoms with Crippen LogP contribution in [-0.2, 0) is 14.3 Å². The number of rotatable bonds is 6. The smallest absolute Gasteiger partial charge is 0.239 e. The van der Waals surface area contributed by atoms with E-state index in [1.54, 1.807) is 4.90 Å². The van der Waals surface area contributed by atoms with Crippen molar-refractivity contribution in [3.63, 3.8) is 0 Å². The van der Waals surface area contributed by atoms with Crippen LogP contribution in [-0.4, -0.2) is 67.6 Å². The molecule has 2 amide bonds. The minimum absolute atomic E-state index is 0.0131. The molecule has 2 aliphatic heterocycles. The van der Waals surface area contributed by atoms with Gasteiger partial charge < -0.3 is 19.4 Å². The van der Waals surface area contributed by atoms with E-state index in [2.05, 4.69) is 10.2 Å². The predicted molar refractivity (Wildman–Crippen MR) is 87.4 cm³/mol. The summed E-state index contributed by atoms with van der Waals surface area (Å²) in [6, 6.07) is 3.89. The number of aryl methyl sites for hydroxylation is 1. The van der Waals surface area contributed by atoms with Crippen LogP contribution >= 0.6 is 0 Å². The van der Waals surface area contributed by atoms with Crippen molar-refractivity contribution < 1.29 is 18.7 Å². The summed E-state index contributed by atoms with van der Waals surface area (Å²) >= 11 is 0. The molecule has 1 atom stereocenters. The van der Waals surface area contributed by atoms with Gasteiger partial charge in [-0.05, 0) is 25.5 Å². The SMILES string of the molecule is Cc1ccc(C(CNC(=O)CN2CCCC2=O)N2CCOCC2)o1. The van der Waals surface area contributed by atoms with Crippen molar-refractivity contribution in [2.45, 2.75) is 25.8 Å². The number of carbonyl (C=O) groups excluding carboxylic acids is 2. The van der Waals surface area contributed by atoms with E-state index in [0.29, 0.717) is 32.7 Å². The second-order valence-electron chi connectivity index (χ2n) is 6.34. The lowest BCUT2D eigenvalue weighted by atomic mass is 10.1. The summed E-state index contributed by atoms with van der Waals surface area (Å²) in [7, 11) is 0. The highest BCUT2D eigenvalue weighted by atomic mass is 16.5. The molecule has 2 saturated heterocycles. The monoisotopic (exact) mass is 335 g/mol. The molecule has 2 aliphatic rings. The Bertz CT molecular complexity index is 580. The molecule has 0 aromatic carbocycles. The van der Waals surface area contributed by atoms with E-state index >= 15 is 0 Å². The van der Waals surface area contributed by atoms with Crippen molar-refractivity contribution in [1.82, 2.24) is 15.1 Å². The lowest BCUT2D eigenvalue weighted by Crippen LogP contribution is -2.45. The van der Waals surface area contributed by atoms with Crippen molar-refractivity contribution in [2.24, 2.45) is 0 Å². The Morgan fingerprint density at radius 3 is 2.71 bits per heavy atom. The number of likely N-dealkylation sites (tertiary alicyclic amines) is 1. The van der Waals surface area contributed by atoms with Crippen molar-refractivity contribution in [3.05, 3.63) is 23.7 Å². The summed E-state index contributed by atoms with van der Waals surface area (Å²) in [4.78, 5) is 27.7. The molecule has 2 fully saturated rings. The lowest BCUT2D eigenvalue weighted by Gasteiger charge is -2.33. The number of carbonyl (C=O) groups is 2. The molecule has 3 rings (SSSR count). The molecular weight excluding hydrogens is 310 g/mol.